The molecular formula is C23H28N2O3S. The number of methoxy groups -OCH3 is 1. The molecule has 2 aliphatic rings. The molecule has 1 aliphatic carbocycles. The summed E-state index contributed by atoms with van der Waals surface area (Å²) in [5, 5.41) is 0. The minimum atomic E-state index is 0.0128. The molecule has 1 saturated heterocycles. The molecule has 0 bridgehead atoms. The fraction of sp³-hybridized carbons (Fsp3) is 0.478. The molecule has 0 saturated carbocycles. The van der Waals surface area contributed by atoms with Crippen molar-refractivity contribution in [3.05, 3.63) is 51.2 Å². The third kappa shape index (κ3) is 4.47. The van der Waals surface area contributed by atoms with Crippen LogP contribution in [0, 0.1) is 0 Å². The van der Waals surface area contributed by atoms with Gasteiger partial charge in [0.15, 0.2) is 0 Å². The Bertz CT molecular complexity index is 841. The van der Waals surface area contributed by atoms with Crippen LogP contribution in [0.2, 0.25) is 0 Å². The molecule has 29 heavy (non-hydrogen) atoms. The van der Waals surface area contributed by atoms with E-state index in [1.54, 1.807) is 42.7 Å². The lowest BCUT2D eigenvalue weighted by Crippen LogP contribution is -2.50. The molecule has 0 spiro atoms. The summed E-state index contributed by atoms with van der Waals surface area (Å²) < 4.78 is 5.15. The van der Waals surface area contributed by atoms with Gasteiger partial charge in [0.25, 0.3) is 11.8 Å². The van der Waals surface area contributed by atoms with Crippen molar-refractivity contribution in [2.45, 2.75) is 38.5 Å². The first-order valence-corrected chi connectivity index (χ1v) is 11.3. The van der Waals surface area contributed by atoms with E-state index in [0.29, 0.717) is 31.7 Å². The summed E-state index contributed by atoms with van der Waals surface area (Å²) in [5.74, 6) is 0.874. The number of carbonyl (C=O) groups excluding carboxylic acids is 2. The quantitative estimate of drug-likeness (QED) is 0.765. The highest BCUT2D eigenvalue weighted by Gasteiger charge is 2.27. The number of aryl methyl sites for hydroxylation is 2. The second-order valence-electron chi connectivity index (χ2n) is 7.79. The van der Waals surface area contributed by atoms with E-state index in [9.17, 15) is 9.59 Å². The smallest absolute Gasteiger partial charge is 0.264 e. The molecule has 0 radical (unpaired) electrons. The maximum atomic E-state index is 13.0. The Labute approximate surface area is 176 Å². The van der Waals surface area contributed by atoms with Crippen molar-refractivity contribution in [2.24, 2.45) is 0 Å². The third-order valence-corrected chi connectivity index (χ3v) is 7.12. The van der Waals surface area contributed by atoms with Crippen LogP contribution in [0.25, 0.3) is 0 Å². The van der Waals surface area contributed by atoms with Crippen LogP contribution in [0.5, 0.6) is 5.75 Å². The standard InChI is InChI=1S/C23H28N2O3S/c1-28-19-10-8-17(9-11-19)22(26)24-12-14-25(15-13-24)23(27)21-16-18-6-4-2-3-5-7-20(18)29-21/h8-11,16H,2-7,12-15H2,1H3. The van der Waals surface area contributed by atoms with Gasteiger partial charge in [-0.25, -0.2) is 0 Å². The van der Waals surface area contributed by atoms with Crippen LogP contribution in [-0.2, 0) is 12.8 Å². The van der Waals surface area contributed by atoms with E-state index in [4.69, 9.17) is 4.74 Å². The lowest BCUT2D eigenvalue weighted by Gasteiger charge is -2.34. The van der Waals surface area contributed by atoms with Crippen molar-refractivity contribution in [1.29, 1.82) is 0 Å². The van der Waals surface area contributed by atoms with Gasteiger partial charge in [0, 0.05) is 36.6 Å². The largest absolute Gasteiger partial charge is 0.497 e. The zero-order valence-electron chi connectivity index (χ0n) is 17.0. The highest BCUT2D eigenvalue weighted by molar-refractivity contribution is 7.14. The van der Waals surface area contributed by atoms with Crippen LogP contribution >= 0.6 is 11.3 Å². The summed E-state index contributed by atoms with van der Waals surface area (Å²) >= 11 is 1.68. The molecule has 2 amide bonds. The maximum absolute atomic E-state index is 13.0. The fourth-order valence-corrected chi connectivity index (χ4v) is 5.36. The Morgan fingerprint density at radius 1 is 0.862 bits per heavy atom. The monoisotopic (exact) mass is 412 g/mol. The number of carbonyl (C=O) groups is 2. The molecule has 2 aromatic rings. The number of nitrogens with zero attached hydrogens (tertiary/aromatic N) is 2. The molecule has 154 valence electrons. The van der Waals surface area contributed by atoms with Crippen molar-refractivity contribution in [1.82, 2.24) is 9.80 Å². The topological polar surface area (TPSA) is 49.9 Å². The van der Waals surface area contributed by atoms with Crippen molar-refractivity contribution in [3.8, 4) is 5.75 Å². The Balaban J connectivity index is 1.37. The van der Waals surface area contributed by atoms with Crippen molar-refractivity contribution >= 4 is 23.2 Å². The second kappa shape index (κ2) is 8.99. The van der Waals surface area contributed by atoms with Crippen molar-refractivity contribution < 1.29 is 14.3 Å². The molecule has 0 unspecified atom stereocenters. The van der Waals surface area contributed by atoms with Gasteiger partial charge < -0.3 is 14.5 Å². The summed E-state index contributed by atoms with van der Waals surface area (Å²) in [5.41, 5.74) is 2.04. The second-order valence-corrected chi connectivity index (χ2v) is 8.92. The average molecular weight is 413 g/mol. The number of hydrogen-bond acceptors (Lipinski definition) is 4. The van der Waals surface area contributed by atoms with Gasteiger partial charge in [-0.3, -0.25) is 9.59 Å². The molecule has 1 aliphatic heterocycles. The number of rotatable bonds is 3. The van der Waals surface area contributed by atoms with Crippen LogP contribution < -0.4 is 4.74 Å². The number of fused-ring (bicyclic) bond motifs is 1. The number of ether oxygens (including phenoxy) is 1. The molecule has 0 atom stereocenters. The van der Waals surface area contributed by atoms with Crippen LogP contribution in [0.15, 0.2) is 30.3 Å². The van der Waals surface area contributed by atoms with E-state index in [1.807, 2.05) is 9.80 Å². The molecule has 6 heteroatoms. The van der Waals surface area contributed by atoms with Crippen LogP contribution in [0.3, 0.4) is 0 Å². The molecule has 1 fully saturated rings. The average Bonchev–Trinajstić information content (AvgIpc) is 3.14. The highest BCUT2D eigenvalue weighted by atomic mass is 32.1. The minimum Gasteiger partial charge on any atom is -0.497 e. The molecule has 4 rings (SSSR count). The first-order valence-electron chi connectivity index (χ1n) is 10.5. The predicted molar refractivity (Wildman–Crippen MR) is 115 cm³/mol. The lowest BCUT2D eigenvalue weighted by molar-refractivity contribution is 0.0538. The Hall–Kier alpha value is -2.34. The summed E-state index contributed by atoms with van der Waals surface area (Å²) in [4.78, 5) is 31.8. The van der Waals surface area contributed by atoms with E-state index < -0.39 is 0 Å². The van der Waals surface area contributed by atoms with Gasteiger partial charge in [-0.1, -0.05) is 12.8 Å². The molecule has 2 heterocycles. The van der Waals surface area contributed by atoms with Gasteiger partial charge in [0.2, 0.25) is 0 Å². The SMILES string of the molecule is COc1ccc(C(=O)N2CCN(C(=O)c3cc4c(s3)CCCCCC4)CC2)cc1. The van der Waals surface area contributed by atoms with Crippen LogP contribution in [0.1, 0.15) is 56.2 Å². The van der Waals surface area contributed by atoms with E-state index in [0.717, 1.165) is 23.5 Å². The highest BCUT2D eigenvalue weighted by Crippen LogP contribution is 2.29. The molecule has 5 nitrogen and oxygen atoms in total. The first-order chi connectivity index (χ1) is 14.2. The first kappa shape index (κ1) is 20.0. The van der Waals surface area contributed by atoms with Crippen LogP contribution in [0.4, 0.5) is 0 Å². The van der Waals surface area contributed by atoms with Gasteiger partial charge >= 0.3 is 0 Å². The van der Waals surface area contributed by atoms with E-state index >= 15 is 0 Å². The predicted octanol–water partition coefficient (Wildman–Crippen LogP) is 4.01. The van der Waals surface area contributed by atoms with E-state index in [2.05, 4.69) is 6.07 Å². The summed E-state index contributed by atoms with van der Waals surface area (Å²) in [7, 11) is 1.61. The Kier molecular flexibility index (Phi) is 6.19. The van der Waals surface area contributed by atoms with Crippen molar-refractivity contribution in [3.63, 3.8) is 0 Å². The molecule has 0 N–H and O–H groups in total. The minimum absolute atomic E-state index is 0.0128. The number of thiophene rings is 1. The number of benzene rings is 1. The normalized spacial score (nSPS) is 17.3. The Morgan fingerprint density at radius 2 is 1.48 bits per heavy atom. The van der Waals surface area contributed by atoms with Gasteiger partial charge in [0.1, 0.15) is 5.75 Å². The maximum Gasteiger partial charge on any atom is 0.264 e. The summed E-state index contributed by atoms with van der Waals surface area (Å²) in [6.45, 7) is 2.32. The van der Waals surface area contributed by atoms with Crippen LogP contribution in [-0.4, -0.2) is 54.9 Å². The number of amides is 2. The van der Waals surface area contributed by atoms with Crippen molar-refractivity contribution in [2.75, 3.05) is 33.3 Å². The number of piperazine rings is 1. The molecule has 1 aromatic heterocycles. The zero-order chi connectivity index (χ0) is 20.2. The van der Waals surface area contributed by atoms with E-state index in [-0.39, 0.29) is 11.8 Å². The summed E-state index contributed by atoms with van der Waals surface area (Å²) in [6.07, 6.45) is 7.25. The Morgan fingerprint density at radius 3 is 2.14 bits per heavy atom. The number of hydrogen-bond donors (Lipinski definition) is 0. The molecular weight excluding hydrogens is 384 g/mol. The third-order valence-electron chi connectivity index (χ3n) is 5.90. The van der Waals surface area contributed by atoms with Gasteiger partial charge in [0.05, 0.1) is 12.0 Å². The zero-order valence-corrected chi connectivity index (χ0v) is 17.8. The fourth-order valence-electron chi connectivity index (χ4n) is 4.13. The van der Waals surface area contributed by atoms with Gasteiger partial charge in [-0.05, 0) is 61.6 Å². The lowest BCUT2D eigenvalue weighted by atomic mass is 10.00. The van der Waals surface area contributed by atoms with Gasteiger partial charge in [-0.2, -0.15) is 0 Å². The summed E-state index contributed by atoms with van der Waals surface area (Å²) in [6, 6.07) is 9.31. The van der Waals surface area contributed by atoms with E-state index in [1.165, 1.54) is 36.1 Å². The molecule has 1 aromatic carbocycles. The van der Waals surface area contributed by atoms with Gasteiger partial charge in [-0.15, -0.1) is 11.3 Å².